The van der Waals surface area contributed by atoms with E-state index >= 15 is 0 Å². The van der Waals surface area contributed by atoms with Crippen molar-refractivity contribution in [2.75, 3.05) is 17.2 Å². The summed E-state index contributed by atoms with van der Waals surface area (Å²) in [5, 5.41) is 6.77. The first-order chi connectivity index (χ1) is 9.88. The highest BCUT2D eigenvalue weighted by Crippen LogP contribution is 2.26. The third-order valence-electron chi connectivity index (χ3n) is 3.70. The van der Waals surface area contributed by atoms with Crippen LogP contribution in [0.25, 0.3) is 11.0 Å². The van der Waals surface area contributed by atoms with Gasteiger partial charge < -0.3 is 15.6 Å². The number of benzene rings is 2. The van der Waals surface area contributed by atoms with E-state index in [9.17, 15) is 0 Å². The van der Waals surface area contributed by atoms with Crippen LogP contribution in [-0.2, 0) is 6.42 Å². The van der Waals surface area contributed by atoms with Crippen molar-refractivity contribution in [1.29, 1.82) is 0 Å². The molecule has 0 spiro atoms. The molecular formula is C16H16N4. The molecule has 100 valence electrons. The topological polar surface area (TPSA) is 52.7 Å². The van der Waals surface area contributed by atoms with Gasteiger partial charge in [0.2, 0.25) is 5.95 Å². The van der Waals surface area contributed by atoms with Gasteiger partial charge in [-0.05, 0) is 48.7 Å². The van der Waals surface area contributed by atoms with Crippen molar-refractivity contribution in [2.24, 2.45) is 0 Å². The van der Waals surface area contributed by atoms with E-state index in [-0.39, 0.29) is 0 Å². The van der Waals surface area contributed by atoms with Crippen molar-refractivity contribution in [2.45, 2.75) is 12.8 Å². The van der Waals surface area contributed by atoms with Gasteiger partial charge in [-0.15, -0.1) is 0 Å². The Morgan fingerprint density at radius 1 is 1.10 bits per heavy atom. The Kier molecular flexibility index (Phi) is 2.59. The zero-order chi connectivity index (χ0) is 13.4. The van der Waals surface area contributed by atoms with Crippen LogP contribution in [0.3, 0.4) is 0 Å². The standard InChI is InChI=1S/C16H16N4/c1-2-6-15-14(5-1)19-16(20-15)18-12-7-8-13-11(10-12)4-3-9-17-13/h1-2,5-8,10,17H,3-4,9H2,(H2,18,19,20). The Labute approximate surface area is 117 Å². The monoisotopic (exact) mass is 264 g/mol. The highest BCUT2D eigenvalue weighted by molar-refractivity contribution is 5.78. The van der Waals surface area contributed by atoms with Gasteiger partial charge in [0.15, 0.2) is 0 Å². The van der Waals surface area contributed by atoms with E-state index in [1.807, 2.05) is 24.3 Å². The number of rotatable bonds is 2. The molecule has 2 aromatic carbocycles. The Balaban J connectivity index is 1.65. The predicted octanol–water partition coefficient (Wildman–Crippen LogP) is 3.66. The summed E-state index contributed by atoms with van der Waals surface area (Å²) in [7, 11) is 0. The first-order valence-electron chi connectivity index (χ1n) is 6.97. The van der Waals surface area contributed by atoms with Gasteiger partial charge in [-0.3, -0.25) is 0 Å². The van der Waals surface area contributed by atoms with Crippen LogP contribution in [0.5, 0.6) is 0 Å². The van der Waals surface area contributed by atoms with Crippen LogP contribution in [0.2, 0.25) is 0 Å². The molecule has 0 radical (unpaired) electrons. The Morgan fingerprint density at radius 2 is 2.05 bits per heavy atom. The molecule has 0 bridgehead atoms. The summed E-state index contributed by atoms with van der Waals surface area (Å²) in [4.78, 5) is 7.82. The molecule has 0 saturated carbocycles. The van der Waals surface area contributed by atoms with E-state index < -0.39 is 0 Å². The third-order valence-corrected chi connectivity index (χ3v) is 3.70. The molecule has 1 aliphatic heterocycles. The molecule has 4 nitrogen and oxygen atoms in total. The molecule has 0 fully saturated rings. The molecule has 2 heterocycles. The highest BCUT2D eigenvalue weighted by atomic mass is 15.1. The maximum absolute atomic E-state index is 4.54. The molecule has 4 heteroatoms. The van der Waals surface area contributed by atoms with E-state index in [2.05, 4.69) is 38.8 Å². The highest BCUT2D eigenvalue weighted by Gasteiger charge is 2.09. The average molecular weight is 264 g/mol. The summed E-state index contributed by atoms with van der Waals surface area (Å²) in [5.41, 5.74) is 5.74. The van der Waals surface area contributed by atoms with Gasteiger partial charge in [0.1, 0.15) is 0 Å². The number of aromatic nitrogens is 2. The molecule has 1 aromatic heterocycles. The number of hydrogen-bond acceptors (Lipinski definition) is 3. The maximum Gasteiger partial charge on any atom is 0.205 e. The number of para-hydroxylation sites is 2. The summed E-state index contributed by atoms with van der Waals surface area (Å²) < 4.78 is 0. The Bertz CT molecular complexity index is 727. The second-order valence-corrected chi connectivity index (χ2v) is 5.13. The zero-order valence-corrected chi connectivity index (χ0v) is 11.1. The molecule has 3 aromatic rings. The van der Waals surface area contributed by atoms with Crippen molar-refractivity contribution in [1.82, 2.24) is 9.97 Å². The molecule has 3 N–H and O–H groups in total. The van der Waals surface area contributed by atoms with E-state index in [0.717, 1.165) is 35.6 Å². The van der Waals surface area contributed by atoms with Crippen LogP contribution in [0.15, 0.2) is 42.5 Å². The van der Waals surface area contributed by atoms with Crippen LogP contribution in [0.4, 0.5) is 17.3 Å². The van der Waals surface area contributed by atoms with Crippen molar-refractivity contribution in [3.8, 4) is 0 Å². The predicted molar refractivity (Wildman–Crippen MR) is 82.6 cm³/mol. The van der Waals surface area contributed by atoms with E-state index in [0.29, 0.717) is 0 Å². The van der Waals surface area contributed by atoms with E-state index in [1.165, 1.54) is 17.7 Å². The summed E-state index contributed by atoms with van der Waals surface area (Å²) in [6.45, 7) is 1.07. The van der Waals surface area contributed by atoms with Crippen LogP contribution >= 0.6 is 0 Å². The molecule has 4 rings (SSSR count). The first-order valence-corrected chi connectivity index (χ1v) is 6.97. The van der Waals surface area contributed by atoms with Crippen LogP contribution < -0.4 is 10.6 Å². The Morgan fingerprint density at radius 3 is 3.00 bits per heavy atom. The molecule has 0 saturated heterocycles. The van der Waals surface area contributed by atoms with Gasteiger partial charge in [0.05, 0.1) is 11.0 Å². The number of anilines is 3. The lowest BCUT2D eigenvalue weighted by atomic mass is 10.0. The second-order valence-electron chi connectivity index (χ2n) is 5.13. The molecule has 1 aliphatic rings. The number of fused-ring (bicyclic) bond motifs is 2. The van der Waals surface area contributed by atoms with Crippen molar-refractivity contribution in [3.05, 3.63) is 48.0 Å². The van der Waals surface area contributed by atoms with Crippen LogP contribution in [-0.4, -0.2) is 16.5 Å². The summed E-state index contributed by atoms with van der Waals surface area (Å²) in [6, 6.07) is 14.5. The molecular weight excluding hydrogens is 248 g/mol. The number of imidazole rings is 1. The normalized spacial score (nSPS) is 13.8. The molecule has 0 aliphatic carbocycles. The fraction of sp³-hybridized carbons (Fsp3) is 0.188. The van der Waals surface area contributed by atoms with Gasteiger partial charge in [-0.2, -0.15) is 0 Å². The number of aromatic amines is 1. The quantitative estimate of drug-likeness (QED) is 0.662. The maximum atomic E-state index is 4.54. The number of H-pyrrole nitrogens is 1. The molecule has 0 unspecified atom stereocenters. The lowest BCUT2D eigenvalue weighted by Gasteiger charge is -2.18. The van der Waals surface area contributed by atoms with Gasteiger partial charge in [0, 0.05) is 17.9 Å². The van der Waals surface area contributed by atoms with Crippen molar-refractivity contribution in [3.63, 3.8) is 0 Å². The van der Waals surface area contributed by atoms with Gasteiger partial charge in [-0.1, -0.05) is 12.1 Å². The zero-order valence-electron chi connectivity index (χ0n) is 11.1. The summed E-state index contributed by atoms with van der Waals surface area (Å²) in [5.74, 6) is 0.787. The van der Waals surface area contributed by atoms with Gasteiger partial charge in [-0.25, -0.2) is 4.98 Å². The third kappa shape index (κ3) is 1.99. The minimum atomic E-state index is 0.787. The smallest absolute Gasteiger partial charge is 0.205 e. The van der Waals surface area contributed by atoms with Crippen molar-refractivity contribution < 1.29 is 0 Å². The lowest BCUT2D eigenvalue weighted by molar-refractivity contribution is 0.830. The summed E-state index contributed by atoms with van der Waals surface area (Å²) in [6.07, 6.45) is 2.33. The molecule has 0 amide bonds. The lowest BCUT2D eigenvalue weighted by Crippen LogP contribution is -2.11. The van der Waals surface area contributed by atoms with Crippen LogP contribution in [0.1, 0.15) is 12.0 Å². The number of aryl methyl sites for hydroxylation is 1. The van der Waals surface area contributed by atoms with Gasteiger partial charge >= 0.3 is 0 Å². The number of hydrogen-bond donors (Lipinski definition) is 3. The SMILES string of the molecule is c1ccc2[nH]c(Nc3ccc4c(c3)CCCN4)nc2c1. The fourth-order valence-electron chi connectivity index (χ4n) is 2.70. The van der Waals surface area contributed by atoms with E-state index in [1.54, 1.807) is 0 Å². The molecule has 0 atom stereocenters. The fourth-order valence-corrected chi connectivity index (χ4v) is 2.70. The second kappa shape index (κ2) is 4.56. The van der Waals surface area contributed by atoms with E-state index in [4.69, 9.17) is 0 Å². The van der Waals surface area contributed by atoms with Crippen LogP contribution in [0, 0.1) is 0 Å². The number of nitrogens with one attached hydrogen (secondary N) is 3. The minimum absolute atomic E-state index is 0.787. The van der Waals surface area contributed by atoms with Gasteiger partial charge in [0.25, 0.3) is 0 Å². The average Bonchev–Trinajstić information content (AvgIpc) is 2.89. The number of nitrogens with zero attached hydrogens (tertiary/aromatic N) is 1. The molecule has 20 heavy (non-hydrogen) atoms. The first kappa shape index (κ1) is 11.3. The summed E-state index contributed by atoms with van der Waals surface area (Å²) >= 11 is 0. The Hall–Kier alpha value is -2.49. The minimum Gasteiger partial charge on any atom is -0.385 e. The largest absolute Gasteiger partial charge is 0.385 e. The van der Waals surface area contributed by atoms with Crippen molar-refractivity contribution >= 4 is 28.4 Å².